The molecule has 2 N–H and O–H groups in total. The fourth-order valence-electron chi connectivity index (χ4n) is 2.41. The molecule has 0 unspecified atom stereocenters. The molecule has 0 saturated carbocycles. The Morgan fingerprint density at radius 3 is 2.60 bits per heavy atom. The summed E-state index contributed by atoms with van der Waals surface area (Å²) in [6, 6.07) is 8.76. The molecule has 2 rings (SSSR count). The molecule has 7 nitrogen and oxygen atoms in total. The molecule has 0 bridgehead atoms. The van der Waals surface area contributed by atoms with Crippen LogP contribution in [0.5, 0.6) is 5.75 Å². The van der Waals surface area contributed by atoms with Gasteiger partial charge in [0, 0.05) is 6.54 Å². The fraction of sp³-hybridized carbons (Fsp3) is 0.333. The van der Waals surface area contributed by atoms with Crippen molar-refractivity contribution in [2.75, 3.05) is 19.0 Å². The maximum absolute atomic E-state index is 12.1. The first-order valence-corrected chi connectivity index (χ1v) is 7.79. The van der Waals surface area contributed by atoms with Crippen LogP contribution in [0, 0.1) is 31.1 Å². The number of hydrogen-bond acceptors (Lipinski definition) is 7. The monoisotopic (exact) mass is 340 g/mol. The van der Waals surface area contributed by atoms with Crippen LogP contribution in [-0.4, -0.2) is 34.9 Å². The molecule has 1 heterocycles. The van der Waals surface area contributed by atoms with Crippen LogP contribution in [0.4, 0.5) is 5.82 Å². The van der Waals surface area contributed by atoms with E-state index in [0.717, 1.165) is 11.1 Å². The molecular formula is C18H20N4O3. The van der Waals surface area contributed by atoms with Crippen molar-refractivity contribution in [3.8, 4) is 11.8 Å². The molecule has 1 aromatic carbocycles. The lowest BCUT2D eigenvalue weighted by Gasteiger charge is -2.17. The van der Waals surface area contributed by atoms with E-state index in [0.29, 0.717) is 23.5 Å². The van der Waals surface area contributed by atoms with E-state index in [2.05, 4.69) is 21.6 Å². The molecule has 7 heteroatoms. The van der Waals surface area contributed by atoms with E-state index in [1.165, 1.54) is 7.11 Å². The fourth-order valence-corrected chi connectivity index (χ4v) is 2.41. The van der Waals surface area contributed by atoms with E-state index in [4.69, 9.17) is 4.74 Å². The Hall–Kier alpha value is -3.14. The molecule has 0 amide bonds. The quantitative estimate of drug-likeness (QED) is 0.775. The average molecular weight is 340 g/mol. The zero-order valence-corrected chi connectivity index (χ0v) is 14.4. The number of nitriles is 1. The summed E-state index contributed by atoms with van der Waals surface area (Å²) in [6.07, 6.45) is 0.431. The van der Waals surface area contributed by atoms with Crippen LogP contribution >= 0.6 is 0 Å². The highest BCUT2D eigenvalue weighted by molar-refractivity contribution is 5.73. The van der Waals surface area contributed by atoms with E-state index in [9.17, 15) is 15.2 Å². The number of aromatic nitrogens is 2. The predicted molar refractivity (Wildman–Crippen MR) is 92.0 cm³/mol. The number of rotatable bonds is 6. The van der Waals surface area contributed by atoms with Crippen LogP contribution in [0.15, 0.2) is 24.3 Å². The van der Waals surface area contributed by atoms with Crippen LogP contribution in [0.3, 0.4) is 0 Å². The first-order valence-electron chi connectivity index (χ1n) is 7.79. The van der Waals surface area contributed by atoms with Gasteiger partial charge in [0.15, 0.2) is 5.82 Å². The highest BCUT2D eigenvalue weighted by atomic mass is 16.5. The molecule has 0 fully saturated rings. The van der Waals surface area contributed by atoms with Crippen LogP contribution < -0.4 is 5.32 Å². The summed E-state index contributed by atoms with van der Waals surface area (Å²) in [6.45, 7) is 3.84. The Morgan fingerprint density at radius 1 is 1.32 bits per heavy atom. The molecule has 0 aliphatic heterocycles. The molecule has 1 atom stereocenters. The summed E-state index contributed by atoms with van der Waals surface area (Å²) in [4.78, 5) is 12.1. The van der Waals surface area contributed by atoms with Gasteiger partial charge in [0.05, 0.1) is 18.7 Å². The smallest absolute Gasteiger partial charge is 0.310 e. The van der Waals surface area contributed by atoms with E-state index < -0.39 is 5.92 Å². The van der Waals surface area contributed by atoms with Gasteiger partial charge < -0.3 is 15.2 Å². The molecular weight excluding hydrogens is 320 g/mol. The minimum Gasteiger partial charge on any atom is -0.508 e. The highest BCUT2D eigenvalue weighted by Crippen LogP contribution is 2.19. The summed E-state index contributed by atoms with van der Waals surface area (Å²) in [7, 11) is 1.34. The third-order valence-electron chi connectivity index (χ3n) is 4.04. The zero-order chi connectivity index (χ0) is 18.4. The molecule has 0 radical (unpaired) electrons. The van der Waals surface area contributed by atoms with Gasteiger partial charge in [-0.3, -0.25) is 4.79 Å². The number of nitrogens with zero attached hydrogens (tertiary/aromatic N) is 3. The number of nitrogens with one attached hydrogen (secondary N) is 1. The third-order valence-corrected chi connectivity index (χ3v) is 4.04. The van der Waals surface area contributed by atoms with Gasteiger partial charge in [0.2, 0.25) is 0 Å². The number of ether oxygens (including phenoxy) is 1. The number of phenols is 1. The van der Waals surface area contributed by atoms with Crippen LogP contribution in [0.1, 0.15) is 22.4 Å². The van der Waals surface area contributed by atoms with Crippen LogP contribution in [0.2, 0.25) is 0 Å². The van der Waals surface area contributed by atoms with Gasteiger partial charge >= 0.3 is 5.97 Å². The first-order chi connectivity index (χ1) is 12.0. The molecule has 1 aromatic heterocycles. The number of aromatic hydroxyl groups is 1. The van der Waals surface area contributed by atoms with Crippen molar-refractivity contribution >= 4 is 11.8 Å². The Bertz CT molecular complexity index is 797. The lowest BCUT2D eigenvalue weighted by atomic mass is 9.99. The Morgan fingerprint density at radius 2 is 2.00 bits per heavy atom. The average Bonchev–Trinajstić information content (AvgIpc) is 2.62. The second-order valence-electron chi connectivity index (χ2n) is 5.72. The SMILES string of the molecule is COC(=O)[C@@H](CNc1nnc(C)c(C)c1C#N)Cc1ccc(O)cc1. The Balaban J connectivity index is 2.16. The number of aryl methyl sites for hydroxylation is 1. The van der Waals surface area contributed by atoms with Crippen molar-refractivity contribution in [1.29, 1.82) is 5.26 Å². The van der Waals surface area contributed by atoms with Gasteiger partial charge in [-0.15, -0.1) is 5.10 Å². The second kappa shape index (κ2) is 8.11. The number of carbonyl (C=O) groups is 1. The lowest BCUT2D eigenvalue weighted by Crippen LogP contribution is -2.27. The van der Waals surface area contributed by atoms with Crippen molar-refractivity contribution in [2.45, 2.75) is 20.3 Å². The van der Waals surface area contributed by atoms with Crippen LogP contribution in [-0.2, 0) is 16.0 Å². The standard InChI is InChI=1S/C18H20N4O3/c1-11-12(2)21-22-17(16(11)9-19)20-10-14(18(24)25-3)8-13-4-6-15(23)7-5-13/h4-7,14,23H,8,10H2,1-3H3,(H,20,22)/t14-/m1/s1. The number of hydrogen-bond donors (Lipinski definition) is 2. The van der Waals surface area contributed by atoms with Crippen molar-refractivity contribution in [3.63, 3.8) is 0 Å². The summed E-state index contributed by atoms with van der Waals surface area (Å²) < 4.78 is 4.87. The Labute approximate surface area is 146 Å². The van der Waals surface area contributed by atoms with Crippen molar-refractivity contribution in [2.24, 2.45) is 5.92 Å². The van der Waals surface area contributed by atoms with Crippen LogP contribution in [0.25, 0.3) is 0 Å². The molecule has 0 aliphatic rings. The molecule has 2 aromatic rings. The van der Waals surface area contributed by atoms with Gasteiger partial charge in [-0.2, -0.15) is 10.4 Å². The largest absolute Gasteiger partial charge is 0.508 e. The van der Waals surface area contributed by atoms with E-state index in [-0.39, 0.29) is 18.3 Å². The van der Waals surface area contributed by atoms with Gasteiger partial charge in [-0.1, -0.05) is 12.1 Å². The topological polar surface area (TPSA) is 108 Å². The molecule has 0 saturated heterocycles. The van der Waals surface area contributed by atoms with Gasteiger partial charge in [0.25, 0.3) is 0 Å². The normalized spacial score (nSPS) is 11.4. The number of benzene rings is 1. The summed E-state index contributed by atoms with van der Waals surface area (Å²) in [5.41, 5.74) is 2.76. The lowest BCUT2D eigenvalue weighted by molar-refractivity contribution is -0.144. The third kappa shape index (κ3) is 4.44. The number of phenolic OH excluding ortho intramolecular Hbond substituents is 1. The predicted octanol–water partition coefficient (Wildman–Crippen LogP) is 2.11. The molecule has 0 aliphatic carbocycles. The van der Waals surface area contributed by atoms with E-state index in [1.54, 1.807) is 31.2 Å². The number of anilines is 1. The van der Waals surface area contributed by atoms with Gasteiger partial charge in [-0.25, -0.2) is 0 Å². The zero-order valence-electron chi connectivity index (χ0n) is 14.4. The van der Waals surface area contributed by atoms with Crippen molar-refractivity contribution < 1.29 is 14.6 Å². The molecule has 130 valence electrons. The number of methoxy groups -OCH3 is 1. The molecule has 0 spiro atoms. The minimum atomic E-state index is -0.468. The van der Waals surface area contributed by atoms with E-state index >= 15 is 0 Å². The first kappa shape index (κ1) is 18.2. The second-order valence-corrected chi connectivity index (χ2v) is 5.72. The van der Waals surface area contributed by atoms with Gasteiger partial charge in [0.1, 0.15) is 17.4 Å². The van der Waals surface area contributed by atoms with Crippen molar-refractivity contribution in [3.05, 3.63) is 46.6 Å². The van der Waals surface area contributed by atoms with E-state index in [1.807, 2.05) is 6.92 Å². The number of esters is 1. The minimum absolute atomic E-state index is 0.167. The Kier molecular flexibility index (Phi) is 5.90. The van der Waals surface area contributed by atoms with Gasteiger partial charge in [-0.05, 0) is 43.5 Å². The maximum Gasteiger partial charge on any atom is 0.310 e. The summed E-state index contributed by atoms with van der Waals surface area (Å²) in [5.74, 6) is -0.314. The maximum atomic E-state index is 12.1. The molecule has 25 heavy (non-hydrogen) atoms. The summed E-state index contributed by atoms with van der Waals surface area (Å²) >= 11 is 0. The number of carbonyl (C=O) groups excluding carboxylic acids is 1. The van der Waals surface area contributed by atoms with Crippen molar-refractivity contribution in [1.82, 2.24) is 10.2 Å². The summed E-state index contributed by atoms with van der Waals surface area (Å²) in [5, 5.41) is 29.8. The highest BCUT2D eigenvalue weighted by Gasteiger charge is 2.21.